The second kappa shape index (κ2) is 7.32. The summed E-state index contributed by atoms with van der Waals surface area (Å²) in [5.41, 5.74) is 4.79. The molecule has 3 heterocycles. The van der Waals surface area contributed by atoms with Gasteiger partial charge in [0.25, 0.3) is 5.91 Å². The van der Waals surface area contributed by atoms with E-state index in [0.29, 0.717) is 11.3 Å². The summed E-state index contributed by atoms with van der Waals surface area (Å²) in [5, 5.41) is 2.66. The summed E-state index contributed by atoms with van der Waals surface area (Å²) in [6.07, 6.45) is -1.47. The number of fused-ring (bicyclic) bond motifs is 1. The fourth-order valence-electron chi connectivity index (χ4n) is 3.35. The van der Waals surface area contributed by atoms with E-state index in [1.165, 1.54) is 11.1 Å². The fourth-order valence-corrected chi connectivity index (χ4v) is 3.35. The topological polar surface area (TPSA) is 118 Å². The monoisotopic (exact) mass is 445 g/mol. The van der Waals surface area contributed by atoms with Crippen molar-refractivity contribution in [3.63, 3.8) is 0 Å². The number of nitrogens with zero attached hydrogens (tertiary/aromatic N) is 5. The van der Waals surface area contributed by atoms with Crippen LogP contribution in [0.3, 0.4) is 0 Å². The van der Waals surface area contributed by atoms with E-state index in [4.69, 9.17) is 5.73 Å². The van der Waals surface area contributed by atoms with E-state index in [0.717, 1.165) is 16.8 Å². The average molecular weight is 445 g/mol. The first-order valence-electron chi connectivity index (χ1n) is 9.42. The summed E-state index contributed by atoms with van der Waals surface area (Å²) in [7, 11) is 1.54. The van der Waals surface area contributed by atoms with E-state index in [1.54, 1.807) is 38.2 Å². The highest BCUT2D eigenvalue weighted by atomic mass is 19.4. The fraction of sp³-hybridized carbons (Fsp3) is 0.250. The zero-order chi connectivity index (χ0) is 23.3. The number of nitrogens with one attached hydrogen (secondary N) is 1. The van der Waals surface area contributed by atoms with Crippen LogP contribution in [0, 0.1) is 0 Å². The van der Waals surface area contributed by atoms with Crippen molar-refractivity contribution in [1.29, 1.82) is 0 Å². The first-order valence-corrected chi connectivity index (χ1v) is 9.42. The van der Waals surface area contributed by atoms with Crippen molar-refractivity contribution in [2.24, 2.45) is 10.7 Å². The number of hydrogen-bond donors (Lipinski definition) is 2. The van der Waals surface area contributed by atoms with Crippen molar-refractivity contribution in [3.8, 4) is 0 Å². The van der Waals surface area contributed by atoms with Gasteiger partial charge >= 0.3 is 6.18 Å². The van der Waals surface area contributed by atoms with Gasteiger partial charge in [-0.3, -0.25) is 14.5 Å². The largest absolute Gasteiger partial charge is 0.434 e. The molecule has 0 aliphatic carbocycles. The number of hydrogen-bond acceptors (Lipinski definition) is 6. The molecule has 1 aliphatic rings. The number of amides is 2. The van der Waals surface area contributed by atoms with Gasteiger partial charge in [0.2, 0.25) is 5.91 Å². The molecule has 1 aliphatic heterocycles. The van der Waals surface area contributed by atoms with Crippen LogP contribution < -0.4 is 11.1 Å². The Labute approximate surface area is 179 Å². The Kier molecular flexibility index (Phi) is 4.87. The van der Waals surface area contributed by atoms with Crippen LogP contribution in [0.15, 0.2) is 47.8 Å². The third-order valence-corrected chi connectivity index (χ3v) is 5.18. The van der Waals surface area contributed by atoms with Gasteiger partial charge in [0.05, 0.1) is 18.2 Å². The highest BCUT2D eigenvalue weighted by Gasteiger charge is 2.36. The van der Waals surface area contributed by atoms with Gasteiger partial charge in [-0.15, -0.1) is 0 Å². The van der Waals surface area contributed by atoms with Crippen LogP contribution >= 0.6 is 0 Å². The highest BCUT2D eigenvalue weighted by molar-refractivity contribution is 6.03. The number of rotatable bonds is 3. The maximum Gasteiger partial charge on any atom is 0.434 e. The normalized spacial score (nSPS) is 19.2. The van der Waals surface area contributed by atoms with E-state index in [-0.39, 0.29) is 29.6 Å². The molecule has 3 aromatic rings. The summed E-state index contributed by atoms with van der Waals surface area (Å²) in [6.45, 7) is 1.76. The minimum atomic E-state index is -4.60. The summed E-state index contributed by atoms with van der Waals surface area (Å²) < 4.78 is 39.6. The number of aliphatic imine (C=N–C) groups is 1. The first-order chi connectivity index (χ1) is 15.0. The molecule has 2 amide bonds. The molecule has 2 aromatic heterocycles. The number of carbonyl (C=O) groups is 2. The van der Waals surface area contributed by atoms with Crippen LogP contribution in [-0.4, -0.2) is 44.1 Å². The molecule has 0 bridgehead atoms. The number of halogens is 3. The zero-order valence-electron chi connectivity index (χ0n) is 17.0. The van der Waals surface area contributed by atoms with Crippen molar-refractivity contribution in [2.45, 2.75) is 25.1 Å². The quantitative estimate of drug-likeness (QED) is 0.642. The molecule has 1 atom stereocenters. The predicted octanol–water partition coefficient (Wildman–Crippen LogP) is 2.39. The number of anilines is 1. The van der Waals surface area contributed by atoms with E-state index < -0.39 is 23.3 Å². The molecular formula is C20H18F3N7O2. The van der Waals surface area contributed by atoms with Gasteiger partial charge in [-0.1, -0.05) is 12.1 Å². The molecule has 9 nitrogen and oxygen atoms in total. The van der Waals surface area contributed by atoms with Gasteiger partial charge in [0.1, 0.15) is 5.69 Å². The molecule has 166 valence electrons. The van der Waals surface area contributed by atoms with Crippen molar-refractivity contribution >= 4 is 29.1 Å². The molecule has 1 unspecified atom stereocenters. The smallest absolute Gasteiger partial charge is 0.369 e. The van der Waals surface area contributed by atoms with Crippen LogP contribution in [0.2, 0.25) is 0 Å². The maximum absolute atomic E-state index is 12.8. The highest BCUT2D eigenvalue weighted by Crippen LogP contribution is 2.34. The Hall–Kier alpha value is -3.96. The van der Waals surface area contributed by atoms with E-state index in [9.17, 15) is 22.8 Å². The number of guanidine groups is 1. The summed E-state index contributed by atoms with van der Waals surface area (Å²) in [6, 6.07) is 6.74. The lowest BCUT2D eigenvalue weighted by Crippen LogP contribution is -2.47. The van der Waals surface area contributed by atoms with E-state index in [2.05, 4.69) is 20.3 Å². The summed E-state index contributed by atoms with van der Waals surface area (Å²) in [4.78, 5) is 37.9. The Morgan fingerprint density at radius 1 is 1.28 bits per heavy atom. The lowest BCUT2D eigenvalue weighted by atomic mass is 9.87. The molecule has 4 rings (SSSR count). The molecule has 0 saturated carbocycles. The Balaban J connectivity index is 1.59. The molecule has 0 saturated heterocycles. The molecule has 3 N–H and O–H groups in total. The van der Waals surface area contributed by atoms with Gasteiger partial charge in [-0.05, 0) is 24.6 Å². The molecule has 32 heavy (non-hydrogen) atoms. The lowest BCUT2D eigenvalue weighted by Gasteiger charge is -2.33. The van der Waals surface area contributed by atoms with Gasteiger partial charge in [0, 0.05) is 25.1 Å². The van der Waals surface area contributed by atoms with E-state index in [1.807, 2.05) is 0 Å². The molecule has 12 heteroatoms. The van der Waals surface area contributed by atoms with Crippen molar-refractivity contribution < 1.29 is 22.8 Å². The Morgan fingerprint density at radius 3 is 2.72 bits per heavy atom. The number of carbonyl (C=O) groups excluding carboxylic acids is 2. The van der Waals surface area contributed by atoms with Crippen molar-refractivity contribution in [1.82, 2.24) is 19.3 Å². The number of nitrogens with two attached hydrogens (primary N) is 1. The molecule has 0 spiro atoms. The zero-order valence-corrected chi connectivity index (χ0v) is 17.0. The molecular weight excluding hydrogens is 427 g/mol. The standard InChI is InChI=1S/C20H18F3N7O2/c1-19(7-16(31)29(2)18(24)28-19)11-4-3-5-12(6-11)26-17(32)13-9-30-10-14(20(21,22)23)27-15(30)8-25-13/h3-6,8-10H,7H2,1-2H3,(H2,24,28)(H,26,32). The van der Waals surface area contributed by atoms with Crippen molar-refractivity contribution in [2.75, 3.05) is 12.4 Å². The number of alkyl halides is 3. The number of benzene rings is 1. The Bertz CT molecular complexity index is 1270. The Morgan fingerprint density at radius 2 is 2.03 bits per heavy atom. The summed E-state index contributed by atoms with van der Waals surface area (Å²) in [5.74, 6) is -0.723. The number of imidazole rings is 1. The second-order valence-corrected chi connectivity index (χ2v) is 7.57. The summed E-state index contributed by atoms with van der Waals surface area (Å²) >= 11 is 0. The molecule has 0 fully saturated rings. The minimum absolute atomic E-state index is 0.0359. The van der Waals surface area contributed by atoms with Gasteiger partial charge in [0.15, 0.2) is 17.3 Å². The van der Waals surface area contributed by atoms with Gasteiger partial charge in [-0.25, -0.2) is 15.0 Å². The lowest BCUT2D eigenvalue weighted by molar-refractivity contribution is -0.140. The van der Waals surface area contributed by atoms with Crippen LogP contribution in [0.5, 0.6) is 0 Å². The van der Waals surface area contributed by atoms with Crippen LogP contribution in [-0.2, 0) is 16.5 Å². The third kappa shape index (κ3) is 3.86. The average Bonchev–Trinajstić information content (AvgIpc) is 3.16. The maximum atomic E-state index is 12.8. The van der Waals surface area contributed by atoms with Crippen LogP contribution in [0.1, 0.15) is 35.1 Å². The predicted molar refractivity (Wildman–Crippen MR) is 109 cm³/mol. The first kappa shape index (κ1) is 21.3. The van der Waals surface area contributed by atoms with Gasteiger partial charge in [-0.2, -0.15) is 13.2 Å². The van der Waals surface area contributed by atoms with Crippen molar-refractivity contribution in [3.05, 3.63) is 59.8 Å². The van der Waals surface area contributed by atoms with Crippen LogP contribution in [0.25, 0.3) is 5.65 Å². The molecule has 1 aromatic carbocycles. The molecule has 0 radical (unpaired) electrons. The minimum Gasteiger partial charge on any atom is -0.369 e. The third-order valence-electron chi connectivity index (χ3n) is 5.18. The van der Waals surface area contributed by atoms with Gasteiger partial charge < -0.3 is 15.5 Å². The van der Waals surface area contributed by atoms with E-state index >= 15 is 0 Å². The second-order valence-electron chi connectivity index (χ2n) is 7.57. The number of aromatic nitrogens is 3. The SMILES string of the molecule is CN1C(=O)CC(C)(c2cccc(NC(=O)c3cn4cc(C(F)(F)F)nc4cn3)c2)N=C1N. The van der Waals surface area contributed by atoms with Crippen LogP contribution in [0.4, 0.5) is 18.9 Å².